The van der Waals surface area contributed by atoms with Gasteiger partial charge in [0.1, 0.15) is 24.6 Å². The molecule has 0 heterocycles. The van der Waals surface area contributed by atoms with Crippen molar-refractivity contribution < 1.29 is 39.5 Å². The van der Waals surface area contributed by atoms with Crippen LogP contribution in [0.1, 0.15) is 115 Å². The third-order valence-corrected chi connectivity index (χ3v) is 8.81. The first kappa shape index (κ1) is 39.3. The van der Waals surface area contributed by atoms with Gasteiger partial charge in [0.15, 0.2) is 11.5 Å². The van der Waals surface area contributed by atoms with E-state index >= 15 is 0 Å². The molecule has 0 saturated heterocycles. The number of aliphatic carboxylic acids is 2. The Morgan fingerprint density at radius 1 is 0.571 bits per heavy atom. The molecule has 0 aliphatic carbocycles. The fourth-order valence-electron chi connectivity index (χ4n) is 6.08. The molecule has 3 rings (SSSR count). The van der Waals surface area contributed by atoms with Crippen molar-refractivity contribution in [1.29, 1.82) is 0 Å². The zero-order chi connectivity index (χ0) is 35.3. The summed E-state index contributed by atoms with van der Waals surface area (Å²) in [5.74, 6) is -1.69. The quantitative estimate of drug-likeness (QED) is 0.0459. The molecule has 9 heteroatoms. The average Bonchev–Trinajstić information content (AvgIpc) is 3.06. The summed E-state index contributed by atoms with van der Waals surface area (Å²) in [6, 6.07) is 13.8. The lowest BCUT2D eigenvalue weighted by Gasteiger charge is -2.22. The van der Waals surface area contributed by atoms with E-state index in [9.17, 15) is 30.0 Å². The van der Waals surface area contributed by atoms with E-state index in [1.165, 1.54) is 101 Å². The number of anilines is 1. The third-order valence-electron chi connectivity index (χ3n) is 8.81. The number of phenols is 2. The molecule has 49 heavy (non-hydrogen) atoms. The van der Waals surface area contributed by atoms with Gasteiger partial charge in [-0.2, -0.15) is 0 Å². The standard InChI is InChI=1S/C40H57NO8/c1-2-3-4-5-6-7-8-9-10-11-12-13-14-15-16-17-21-48-35-26-34(41(29-39(44)45)30-40(46)47)27-36(28-35)49-22-20-31-18-19-32-24-37(42)38(43)25-33(32)23-31/h18-19,23-28,42-43H,2-17,20-22,29-30H2,1H3,(H,44,45)(H,46,47). The van der Waals surface area contributed by atoms with Crippen molar-refractivity contribution in [2.24, 2.45) is 0 Å². The number of benzene rings is 3. The Hall–Kier alpha value is -4.14. The minimum absolute atomic E-state index is 0.170. The summed E-state index contributed by atoms with van der Waals surface area (Å²) in [5, 5.41) is 40.0. The number of carboxylic acids is 2. The van der Waals surface area contributed by atoms with Crippen molar-refractivity contribution in [2.45, 2.75) is 116 Å². The highest BCUT2D eigenvalue weighted by Crippen LogP contribution is 2.32. The molecular weight excluding hydrogens is 622 g/mol. The molecule has 0 spiro atoms. The third kappa shape index (κ3) is 15.7. The van der Waals surface area contributed by atoms with Crippen LogP contribution in [0, 0.1) is 0 Å². The van der Waals surface area contributed by atoms with Gasteiger partial charge in [0.25, 0.3) is 0 Å². The average molecular weight is 680 g/mol. The molecule has 0 unspecified atom stereocenters. The normalized spacial score (nSPS) is 11.1. The van der Waals surface area contributed by atoms with Crippen LogP contribution >= 0.6 is 0 Å². The number of phenolic OH excluding ortho intramolecular Hbond substituents is 2. The number of unbranched alkanes of at least 4 members (excludes halogenated alkanes) is 15. The molecule has 3 aromatic rings. The first-order chi connectivity index (χ1) is 23.7. The van der Waals surface area contributed by atoms with Gasteiger partial charge in [-0.3, -0.25) is 9.59 Å². The summed E-state index contributed by atoms with van der Waals surface area (Å²) in [6.07, 6.45) is 21.2. The van der Waals surface area contributed by atoms with Crippen LogP contribution in [0.4, 0.5) is 5.69 Å². The highest BCUT2D eigenvalue weighted by Gasteiger charge is 2.17. The minimum atomic E-state index is -1.14. The molecule has 0 saturated carbocycles. The van der Waals surface area contributed by atoms with Crippen LogP contribution in [-0.4, -0.2) is 58.7 Å². The number of ether oxygens (including phenoxy) is 2. The lowest BCUT2D eigenvalue weighted by Crippen LogP contribution is -2.34. The van der Waals surface area contributed by atoms with Crippen molar-refractivity contribution in [3.63, 3.8) is 0 Å². The van der Waals surface area contributed by atoms with Crippen LogP contribution in [0.25, 0.3) is 10.8 Å². The number of carbonyl (C=O) groups is 2. The van der Waals surface area contributed by atoms with Gasteiger partial charge < -0.3 is 34.8 Å². The number of rotatable bonds is 27. The number of hydrogen-bond donors (Lipinski definition) is 4. The molecular formula is C40H57NO8. The van der Waals surface area contributed by atoms with Crippen LogP contribution in [-0.2, 0) is 16.0 Å². The SMILES string of the molecule is CCCCCCCCCCCCCCCCCCOc1cc(OCCc2ccc3cc(O)c(O)cc3c2)cc(N(CC(=O)O)CC(=O)O)c1. The maximum absolute atomic E-state index is 11.5. The van der Waals surface area contributed by atoms with Gasteiger partial charge in [-0.25, -0.2) is 0 Å². The van der Waals surface area contributed by atoms with Crippen LogP contribution in [0.15, 0.2) is 48.5 Å². The van der Waals surface area contributed by atoms with Crippen LogP contribution in [0.5, 0.6) is 23.0 Å². The first-order valence-electron chi connectivity index (χ1n) is 18.3. The molecule has 0 fully saturated rings. The molecule has 0 aliphatic rings. The number of aromatic hydroxyl groups is 2. The molecule has 0 radical (unpaired) electrons. The van der Waals surface area contributed by atoms with Gasteiger partial charge in [-0.15, -0.1) is 0 Å². The van der Waals surface area contributed by atoms with Crippen molar-refractivity contribution in [2.75, 3.05) is 31.2 Å². The van der Waals surface area contributed by atoms with Crippen molar-refractivity contribution in [1.82, 2.24) is 0 Å². The van der Waals surface area contributed by atoms with E-state index in [4.69, 9.17) is 9.47 Å². The van der Waals surface area contributed by atoms with E-state index in [1.807, 2.05) is 18.2 Å². The summed E-state index contributed by atoms with van der Waals surface area (Å²) in [7, 11) is 0. The Morgan fingerprint density at radius 2 is 1.04 bits per heavy atom. The van der Waals surface area contributed by atoms with E-state index in [2.05, 4.69) is 6.92 Å². The maximum Gasteiger partial charge on any atom is 0.323 e. The maximum atomic E-state index is 11.5. The number of hydrogen-bond acceptors (Lipinski definition) is 7. The van der Waals surface area contributed by atoms with E-state index < -0.39 is 25.0 Å². The number of nitrogens with zero attached hydrogens (tertiary/aromatic N) is 1. The highest BCUT2D eigenvalue weighted by molar-refractivity contribution is 5.86. The second kappa shape index (κ2) is 22.5. The summed E-state index contributed by atoms with van der Waals surface area (Å²) < 4.78 is 12.1. The molecule has 270 valence electrons. The Balaban J connectivity index is 1.44. The molecule has 9 nitrogen and oxygen atoms in total. The van der Waals surface area contributed by atoms with Crippen molar-refractivity contribution >= 4 is 28.4 Å². The van der Waals surface area contributed by atoms with Gasteiger partial charge >= 0.3 is 11.9 Å². The Labute approximate surface area is 291 Å². The minimum Gasteiger partial charge on any atom is -0.504 e. The fraction of sp³-hybridized carbons (Fsp3) is 0.550. The zero-order valence-corrected chi connectivity index (χ0v) is 29.3. The zero-order valence-electron chi connectivity index (χ0n) is 29.3. The van der Waals surface area contributed by atoms with E-state index in [-0.39, 0.29) is 11.5 Å². The van der Waals surface area contributed by atoms with Gasteiger partial charge in [-0.05, 0) is 34.9 Å². The summed E-state index contributed by atoms with van der Waals surface area (Å²) >= 11 is 0. The fourth-order valence-corrected chi connectivity index (χ4v) is 6.08. The van der Waals surface area contributed by atoms with Gasteiger partial charge in [0.2, 0.25) is 0 Å². The summed E-state index contributed by atoms with van der Waals surface area (Å²) in [5.41, 5.74) is 1.36. The number of fused-ring (bicyclic) bond motifs is 1. The van der Waals surface area contributed by atoms with Crippen molar-refractivity contribution in [3.8, 4) is 23.0 Å². The largest absolute Gasteiger partial charge is 0.504 e. The molecule has 3 aromatic carbocycles. The molecule has 0 atom stereocenters. The molecule has 0 aliphatic heterocycles. The van der Waals surface area contributed by atoms with E-state index in [1.54, 1.807) is 18.2 Å². The lowest BCUT2D eigenvalue weighted by atomic mass is 10.0. The summed E-state index contributed by atoms with van der Waals surface area (Å²) in [6.45, 7) is 2.11. The van der Waals surface area contributed by atoms with E-state index in [0.29, 0.717) is 36.8 Å². The molecule has 0 amide bonds. The first-order valence-corrected chi connectivity index (χ1v) is 18.3. The van der Waals surface area contributed by atoms with Crippen LogP contribution < -0.4 is 14.4 Å². The second-order valence-electron chi connectivity index (χ2n) is 13.1. The monoisotopic (exact) mass is 679 g/mol. The second-order valence-corrected chi connectivity index (χ2v) is 13.1. The molecule has 0 aromatic heterocycles. The topological polar surface area (TPSA) is 137 Å². The molecule has 0 bridgehead atoms. The lowest BCUT2D eigenvalue weighted by molar-refractivity contribution is -0.136. The van der Waals surface area contributed by atoms with Crippen molar-refractivity contribution in [3.05, 3.63) is 54.1 Å². The van der Waals surface area contributed by atoms with Gasteiger partial charge in [0.05, 0.1) is 13.2 Å². The Bertz CT molecular complexity index is 1410. The predicted octanol–water partition coefficient (Wildman–Crippen LogP) is 9.49. The Morgan fingerprint density at radius 3 is 1.55 bits per heavy atom. The van der Waals surface area contributed by atoms with Crippen LogP contribution in [0.2, 0.25) is 0 Å². The van der Waals surface area contributed by atoms with Crippen LogP contribution in [0.3, 0.4) is 0 Å². The molecule has 4 N–H and O–H groups in total. The smallest absolute Gasteiger partial charge is 0.323 e. The highest BCUT2D eigenvalue weighted by atomic mass is 16.5. The predicted molar refractivity (Wildman–Crippen MR) is 195 cm³/mol. The summed E-state index contributed by atoms with van der Waals surface area (Å²) in [4.78, 5) is 24.3. The van der Waals surface area contributed by atoms with Gasteiger partial charge in [-0.1, -0.05) is 121 Å². The van der Waals surface area contributed by atoms with Gasteiger partial charge in [0, 0.05) is 30.3 Å². The Kier molecular flexibility index (Phi) is 18.0. The van der Waals surface area contributed by atoms with E-state index in [0.717, 1.165) is 35.6 Å². The number of carboxylic acid groups (broad SMARTS) is 2.